The van der Waals surface area contributed by atoms with Crippen molar-refractivity contribution in [3.05, 3.63) is 57.9 Å². The molecule has 192 valence electrons. The summed E-state index contributed by atoms with van der Waals surface area (Å²) >= 11 is 1.87. The van der Waals surface area contributed by atoms with Gasteiger partial charge in [0.2, 0.25) is 5.91 Å². The summed E-state index contributed by atoms with van der Waals surface area (Å²) < 4.78 is 13.5. The fraction of sp³-hybridized carbons (Fsp3) is 0.414. The number of methoxy groups -OCH3 is 2. The third kappa shape index (κ3) is 4.46. The number of carbonyl (C=O) groups excluding carboxylic acids is 1. The molecule has 7 nitrogen and oxygen atoms in total. The predicted molar refractivity (Wildman–Crippen MR) is 147 cm³/mol. The fourth-order valence-corrected chi connectivity index (χ4v) is 6.67. The number of rotatable bonds is 5. The van der Waals surface area contributed by atoms with Crippen LogP contribution < -0.4 is 9.47 Å². The van der Waals surface area contributed by atoms with Gasteiger partial charge in [-0.3, -0.25) is 4.79 Å². The third-order valence-electron chi connectivity index (χ3n) is 7.40. The van der Waals surface area contributed by atoms with E-state index in [2.05, 4.69) is 16.7 Å². The topological polar surface area (TPSA) is 80.4 Å². The van der Waals surface area contributed by atoms with Gasteiger partial charge in [-0.05, 0) is 62.4 Å². The lowest BCUT2D eigenvalue weighted by molar-refractivity contribution is -0.125. The molecule has 1 saturated heterocycles. The summed E-state index contributed by atoms with van der Waals surface area (Å²) in [6, 6.07) is 8.45. The molecule has 2 aliphatic rings. The van der Waals surface area contributed by atoms with Crippen LogP contribution in [0.3, 0.4) is 0 Å². The van der Waals surface area contributed by atoms with Crippen molar-refractivity contribution in [3.63, 3.8) is 0 Å². The first-order valence-electron chi connectivity index (χ1n) is 12.7. The molecule has 8 heteroatoms. The Balaban J connectivity index is 1.72. The molecule has 3 heterocycles. The van der Waals surface area contributed by atoms with E-state index in [1.165, 1.54) is 0 Å². The summed E-state index contributed by atoms with van der Waals surface area (Å²) in [7, 11) is 3.33. The van der Waals surface area contributed by atoms with Crippen LogP contribution >= 0.6 is 11.8 Å². The molecule has 1 aliphatic carbocycles. The van der Waals surface area contributed by atoms with Gasteiger partial charge in [-0.2, -0.15) is 17.0 Å². The number of aryl methyl sites for hydroxylation is 2. The van der Waals surface area contributed by atoms with Gasteiger partial charge in [0.25, 0.3) is 0 Å². The Hall–Kier alpha value is -3.44. The average Bonchev–Trinajstić information content (AvgIpc) is 3.24. The molecule has 1 aliphatic heterocycles. The lowest BCUT2D eigenvalue weighted by Crippen LogP contribution is -2.36. The monoisotopic (exact) mass is 516 g/mol. The minimum absolute atomic E-state index is 0.0164. The van der Waals surface area contributed by atoms with Gasteiger partial charge in [0, 0.05) is 47.3 Å². The molecule has 0 bridgehead atoms. The first-order valence-corrected chi connectivity index (χ1v) is 13.8. The number of hydrogen-bond donors (Lipinski definition) is 0. The second-order valence-electron chi connectivity index (χ2n) is 9.57. The number of nitriles is 1. The molecule has 1 aromatic carbocycles. The van der Waals surface area contributed by atoms with Crippen LogP contribution in [0.4, 0.5) is 0 Å². The maximum atomic E-state index is 13.0. The Morgan fingerprint density at radius 2 is 2.00 bits per heavy atom. The molecular weight excluding hydrogens is 484 g/mol. The van der Waals surface area contributed by atoms with Crippen LogP contribution in [0.1, 0.15) is 52.5 Å². The lowest BCUT2D eigenvalue weighted by Gasteiger charge is -2.30. The molecule has 1 atom stereocenters. The number of carbonyl (C=O) groups is 1. The molecular formula is C29H32N4O3S. The Bertz CT molecular complexity index is 1430. The van der Waals surface area contributed by atoms with Crippen LogP contribution in [0.5, 0.6) is 11.5 Å². The molecule has 0 N–H and O–H groups in total. The molecule has 3 aromatic rings. The number of ether oxygens (including phenoxy) is 2. The maximum Gasteiger partial charge on any atom is 0.246 e. The van der Waals surface area contributed by atoms with Crippen molar-refractivity contribution in [1.29, 1.82) is 5.26 Å². The molecule has 1 fully saturated rings. The van der Waals surface area contributed by atoms with E-state index in [-0.39, 0.29) is 11.9 Å². The van der Waals surface area contributed by atoms with Gasteiger partial charge >= 0.3 is 0 Å². The van der Waals surface area contributed by atoms with E-state index in [1.54, 1.807) is 20.3 Å². The summed E-state index contributed by atoms with van der Waals surface area (Å²) in [6.45, 7) is 5.50. The molecule has 0 radical (unpaired) electrons. The highest BCUT2D eigenvalue weighted by Crippen LogP contribution is 2.45. The highest BCUT2D eigenvalue weighted by molar-refractivity contribution is 7.99. The maximum absolute atomic E-state index is 13.0. The SMILES string of the molecule is COc1ccc2c(c1OC)CCCC2n1c(C=CC(=O)N2CCSCC2)c(C#N)c2c(C)cc(C)nc21. The van der Waals surface area contributed by atoms with Crippen molar-refractivity contribution in [3.8, 4) is 17.6 Å². The summed E-state index contributed by atoms with van der Waals surface area (Å²) in [6.07, 6.45) is 6.19. The molecule has 1 amide bonds. The molecule has 0 saturated carbocycles. The van der Waals surface area contributed by atoms with E-state index < -0.39 is 0 Å². The van der Waals surface area contributed by atoms with Crippen molar-refractivity contribution in [2.75, 3.05) is 38.8 Å². The van der Waals surface area contributed by atoms with Gasteiger partial charge in [0.05, 0.1) is 31.5 Å². The van der Waals surface area contributed by atoms with Crippen molar-refractivity contribution < 1.29 is 14.3 Å². The fourth-order valence-electron chi connectivity index (χ4n) is 5.77. The normalized spacial score (nSPS) is 17.6. The van der Waals surface area contributed by atoms with E-state index in [9.17, 15) is 10.1 Å². The van der Waals surface area contributed by atoms with E-state index >= 15 is 0 Å². The Labute approximate surface area is 222 Å². The zero-order chi connectivity index (χ0) is 26.1. The van der Waals surface area contributed by atoms with E-state index in [0.717, 1.165) is 88.7 Å². The second kappa shape index (κ2) is 10.5. The van der Waals surface area contributed by atoms with Crippen molar-refractivity contribution in [2.45, 2.75) is 39.2 Å². The summed E-state index contributed by atoms with van der Waals surface area (Å²) in [5.74, 6) is 3.37. The van der Waals surface area contributed by atoms with E-state index in [0.29, 0.717) is 11.3 Å². The number of amides is 1. The Morgan fingerprint density at radius 1 is 1.22 bits per heavy atom. The highest BCUT2D eigenvalue weighted by atomic mass is 32.2. The number of benzene rings is 1. The van der Waals surface area contributed by atoms with Gasteiger partial charge in [0.15, 0.2) is 11.5 Å². The third-order valence-corrected chi connectivity index (χ3v) is 8.34. The first-order chi connectivity index (χ1) is 18.0. The zero-order valence-corrected chi connectivity index (χ0v) is 22.7. The standard InChI is InChI=1S/C29H32N4O3S/c1-18-16-19(2)31-29-27(18)22(17-30)24(9-11-26(34)32-12-14-37-15-13-32)33(29)23-7-5-6-21-20(23)8-10-25(35-3)28(21)36-4/h8-11,16,23H,5-7,12-15H2,1-4H3. The quantitative estimate of drug-likeness (QED) is 0.441. The van der Waals surface area contributed by atoms with Crippen molar-refractivity contribution >= 4 is 34.8 Å². The van der Waals surface area contributed by atoms with Crippen molar-refractivity contribution in [2.24, 2.45) is 0 Å². The smallest absolute Gasteiger partial charge is 0.246 e. The van der Waals surface area contributed by atoms with Crippen molar-refractivity contribution in [1.82, 2.24) is 14.5 Å². The van der Waals surface area contributed by atoms with Gasteiger partial charge in [-0.15, -0.1) is 0 Å². The number of aromatic nitrogens is 2. The number of nitrogens with zero attached hydrogens (tertiary/aromatic N) is 4. The molecule has 37 heavy (non-hydrogen) atoms. The number of fused-ring (bicyclic) bond motifs is 2. The van der Waals surface area contributed by atoms with Gasteiger partial charge < -0.3 is 18.9 Å². The van der Waals surface area contributed by atoms with Crippen LogP contribution in [0.25, 0.3) is 17.1 Å². The average molecular weight is 517 g/mol. The van der Waals surface area contributed by atoms with Crippen LogP contribution in [0.2, 0.25) is 0 Å². The number of pyridine rings is 1. The predicted octanol–water partition coefficient (Wildman–Crippen LogP) is 5.06. The van der Waals surface area contributed by atoms with Gasteiger partial charge in [-0.25, -0.2) is 4.98 Å². The number of thioether (sulfide) groups is 1. The van der Waals surface area contributed by atoms with Crippen LogP contribution in [-0.2, 0) is 11.2 Å². The zero-order valence-electron chi connectivity index (χ0n) is 21.8. The van der Waals surface area contributed by atoms with Crippen LogP contribution in [0, 0.1) is 25.2 Å². The van der Waals surface area contributed by atoms with E-state index in [1.807, 2.05) is 48.7 Å². The van der Waals surface area contributed by atoms with Crippen LogP contribution in [-0.4, -0.2) is 59.2 Å². The molecule has 2 aromatic heterocycles. The van der Waals surface area contributed by atoms with Gasteiger partial charge in [-0.1, -0.05) is 6.07 Å². The minimum atomic E-state index is -0.0528. The number of hydrogen-bond acceptors (Lipinski definition) is 6. The summed E-state index contributed by atoms with van der Waals surface area (Å²) in [5, 5.41) is 11.2. The largest absolute Gasteiger partial charge is 0.493 e. The highest BCUT2D eigenvalue weighted by Gasteiger charge is 2.31. The molecule has 1 unspecified atom stereocenters. The Morgan fingerprint density at radius 3 is 2.70 bits per heavy atom. The summed E-state index contributed by atoms with van der Waals surface area (Å²) in [4.78, 5) is 19.9. The van der Waals surface area contributed by atoms with E-state index in [4.69, 9.17) is 14.5 Å². The summed E-state index contributed by atoms with van der Waals surface area (Å²) in [5.41, 5.74) is 6.24. The Kier molecular flexibility index (Phi) is 7.16. The first kappa shape index (κ1) is 25.2. The second-order valence-corrected chi connectivity index (χ2v) is 10.8. The lowest BCUT2D eigenvalue weighted by atomic mass is 9.86. The molecule has 5 rings (SSSR count). The van der Waals surface area contributed by atoms with Gasteiger partial charge in [0.1, 0.15) is 11.7 Å². The molecule has 0 spiro atoms. The van der Waals surface area contributed by atoms with Crippen LogP contribution in [0.15, 0.2) is 24.3 Å². The minimum Gasteiger partial charge on any atom is -0.493 e.